The van der Waals surface area contributed by atoms with Gasteiger partial charge in [-0.3, -0.25) is 14.5 Å². The molecule has 0 aliphatic carbocycles. The second-order valence-corrected chi connectivity index (χ2v) is 6.69. The molecule has 0 saturated carbocycles. The van der Waals surface area contributed by atoms with Crippen LogP contribution in [0.3, 0.4) is 0 Å². The van der Waals surface area contributed by atoms with Gasteiger partial charge in [-0.25, -0.2) is 0 Å². The SMILES string of the molecule is COC(=O)CN1C(=O)/C(=C/c2ccc(OCc3ccc(C)cc3)cc2)NC1=S. The largest absolute Gasteiger partial charge is 0.489 e. The van der Waals surface area contributed by atoms with E-state index in [1.165, 1.54) is 17.6 Å². The van der Waals surface area contributed by atoms with Crippen molar-refractivity contribution in [1.29, 1.82) is 0 Å². The summed E-state index contributed by atoms with van der Waals surface area (Å²) in [5.74, 6) is -0.166. The van der Waals surface area contributed by atoms with Crippen molar-refractivity contribution in [3.63, 3.8) is 0 Å². The molecule has 2 aromatic carbocycles. The summed E-state index contributed by atoms with van der Waals surface area (Å²) in [6.45, 7) is 2.31. The number of aryl methyl sites for hydroxylation is 1. The number of nitrogens with one attached hydrogen (secondary N) is 1. The Balaban J connectivity index is 1.63. The first kappa shape index (κ1) is 19.6. The number of amides is 1. The lowest BCUT2D eigenvalue weighted by Crippen LogP contribution is -2.35. The summed E-state index contributed by atoms with van der Waals surface area (Å²) in [7, 11) is 1.26. The Hall–Kier alpha value is -3.19. The summed E-state index contributed by atoms with van der Waals surface area (Å²) in [6.07, 6.45) is 1.68. The summed E-state index contributed by atoms with van der Waals surface area (Å²) < 4.78 is 10.4. The van der Waals surface area contributed by atoms with Crippen molar-refractivity contribution >= 4 is 35.3 Å². The molecule has 1 fully saturated rings. The summed E-state index contributed by atoms with van der Waals surface area (Å²) in [6, 6.07) is 15.5. The summed E-state index contributed by atoms with van der Waals surface area (Å²) in [4.78, 5) is 25.0. The molecular formula is C21H20N2O4S. The highest BCUT2D eigenvalue weighted by Crippen LogP contribution is 2.18. The number of rotatable bonds is 6. The minimum absolute atomic E-state index is 0.180. The van der Waals surface area contributed by atoms with Crippen LogP contribution < -0.4 is 10.1 Å². The molecule has 0 atom stereocenters. The predicted molar refractivity (Wildman–Crippen MR) is 109 cm³/mol. The minimum atomic E-state index is -0.533. The van der Waals surface area contributed by atoms with Gasteiger partial charge in [-0.05, 0) is 48.5 Å². The maximum Gasteiger partial charge on any atom is 0.325 e. The monoisotopic (exact) mass is 396 g/mol. The van der Waals surface area contributed by atoms with Gasteiger partial charge in [0, 0.05) is 0 Å². The van der Waals surface area contributed by atoms with Crippen LogP contribution in [0.15, 0.2) is 54.2 Å². The number of hydrogen-bond acceptors (Lipinski definition) is 5. The van der Waals surface area contributed by atoms with Gasteiger partial charge in [0.15, 0.2) is 5.11 Å². The highest BCUT2D eigenvalue weighted by atomic mass is 32.1. The van der Waals surface area contributed by atoms with Crippen LogP contribution in [0.25, 0.3) is 6.08 Å². The summed E-state index contributed by atoms with van der Waals surface area (Å²) in [5, 5.41) is 3.01. The fraction of sp³-hybridized carbons (Fsp3) is 0.190. The molecule has 2 aromatic rings. The predicted octanol–water partition coefficient (Wildman–Crippen LogP) is 2.80. The van der Waals surface area contributed by atoms with Crippen molar-refractivity contribution in [2.45, 2.75) is 13.5 Å². The first-order valence-corrected chi connectivity index (χ1v) is 9.07. The van der Waals surface area contributed by atoms with Gasteiger partial charge in [-0.15, -0.1) is 0 Å². The number of carbonyl (C=O) groups is 2. The molecule has 1 aliphatic rings. The zero-order chi connectivity index (χ0) is 20.1. The Morgan fingerprint density at radius 1 is 1.14 bits per heavy atom. The van der Waals surface area contributed by atoms with E-state index in [4.69, 9.17) is 17.0 Å². The molecule has 28 heavy (non-hydrogen) atoms. The molecule has 7 heteroatoms. The van der Waals surface area contributed by atoms with Gasteiger partial charge in [-0.2, -0.15) is 0 Å². The van der Waals surface area contributed by atoms with Crippen molar-refractivity contribution in [3.05, 3.63) is 70.9 Å². The lowest BCUT2D eigenvalue weighted by Gasteiger charge is -2.11. The molecule has 6 nitrogen and oxygen atoms in total. The third kappa shape index (κ3) is 4.75. The molecular weight excluding hydrogens is 376 g/mol. The third-order valence-electron chi connectivity index (χ3n) is 4.19. The van der Waals surface area contributed by atoms with Crippen LogP contribution >= 0.6 is 12.2 Å². The van der Waals surface area contributed by atoms with Crippen LogP contribution in [0.2, 0.25) is 0 Å². The van der Waals surface area contributed by atoms with E-state index in [0.29, 0.717) is 12.3 Å². The van der Waals surface area contributed by atoms with Gasteiger partial charge in [-0.1, -0.05) is 42.0 Å². The quantitative estimate of drug-likeness (QED) is 0.460. The van der Waals surface area contributed by atoms with Gasteiger partial charge in [0.25, 0.3) is 5.91 Å². The van der Waals surface area contributed by atoms with E-state index < -0.39 is 5.97 Å². The average Bonchev–Trinajstić information content (AvgIpc) is 2.96. The molecule has 0 aromatic heterocycles. The third-order valence-corrected chi connectivity index (χ3v) is 4.52. The van der Waals surface area contributed by atoms with Crippen LogP contribution in [0.4, 0.5) is 0 Å². The van der Waals surface area contributed by atoms with Crippen molar-refractivity contribution < 1.29 is 19.1 Å². The van der Waals surface area contributed by atoms with Crippen LogP contribution in [0.1, 0.15) is 16.7 Å². The van der Waals surface area contributed by atoms with E-state index in [1.807, 2.05) is 55.5 Å². The number of nitrogens with zero attached hydrogens (tertiary/aromatic N) is 1. The Bertz CT molecular complexity index is 920. The Morgan fingerprint density at radius 3 is 2.46 bits per heavy atom. The number of ether oxygens (including phenoxy) is 2. The molecule has 3 rings (SSSR count). The molecule has 1 N–H and O–H groups in total. The molecule has 0 bridgehead atoms. The molecule has 144 valence electrons. The Labute approximate surface area is 168 Å². The smallest absolute Gasteiger partial charge is 0.325 e. The van der Waals surface area contributed by atoms with Crippen LogP contribution in [0.5, 0.6) is 5.75 Å². The molecule has 0 unspecified atom stereocenters. The number of benzene rings is 2. The molecule has 0 spiro atoms. The van der Waals surface area contributed by atoms with Gasteiger partial charge in [0.2, 0.25) is 0 Å². The van der Waals surface area contributed by atoms with E-state index in [2.05, 4.69) is 10.1 Å². The number of hydrogen-bond donors (Lipinski definition) is 1. The maximum absolute atomic E-state index is 12.4. The van der Waals surface area contributed by atoms with E-state index in [9.17, 15) is 9.59 Å². The number of esters is 1. The van der Waals surface area contributed by atoms with E-state index in [-0.39, 0.29) is 17.6 Å². The Morgan fingerprint density at radius 2 is 1.82 bits per heavy atom. The molecule has 1 aliphatic heterocycles. The summed E-state index contributed by atoms with van der Waals surface area (Å²) in [5.41, 5.74) is 3.42. The molecule has 1 heterocycles. The van der Waals surface area contributed by atoms with Crippen molar-refractivity contribution in [2.24, 2.45) is 0 Å². The minimum Gasteiger partial charge on any atom is -0.489 e. The normalized spacial score (nSPS) is 14.9. The second-order valence-electron chi connectivity index (χ2n) is 6.30. The zero-order valence-corrected chi connectivity index (χ0v) is 16.4. The van der Waals surface area contributed by atoms with Gasteiger partial charge in [0.1, 0.15) is 24.6 Å². The maximum atomic E-state index is 12.4. The molecule has 1 amide bonds. The number of thiocarbonyl (C=S) groups is 1. The fourth-order valence-electron chi connectivity index (χ4n) is 2.59. The lowest BCUT2D eigenvalue weighted by molar-refractivity contribution is -0.143. The topological polar surface area (TPSA) is 67.9 Å². The van der Waals surface area contributed by atoms with Crippen LogP contribution in [0, 0.1) is 6.92 Å². The van der Waals surface area contributed by atoms with E-state index >= 15 is 0 Å². The highest BCUT2D eigenvalue weighted by Gasteiger charge is 2.32. The van der Waals surface area contributed by atoms with Crippen LogP contribution in [-0.4, -0.2) is 35.5 Å². The van der Waals surface area contributed by atoms with Crippen molar-refractivity contribution in [1.82, 2.24) is 10.2 Å². The standard InChI is InChI=1S/C21H20N2O4S/c1-14-3-5-16(6-4-14)13-27-17-9-7-15(8-10-17)11-18-20(25)23(21(28)22-18)12-19(24)26-2/h3-11H,12-13H2,1-2H3,(H,22,28)/b18-11-. The first-order chi connectivity index (χ1) is 13.5. The lowest BCUT2D eigenvalue weighted by atomic mass is 10.1. The second kappa shape index (κ2) is 8.67. The Kier molecular flexibility index (Phi) is 6.06. The summed E-state index contributed by atoms with van der Waals surface area (Å²) >= 11 is 5.11. The number of carbonyl (C=O) groups excluding carboxylic acids is 2. The first-order valence-electron chi connectivity index (χ1n) is 8.66. The average molecular weight is 396 g/mol. The highest BCUT2D eigenvalue weighted by molar-refractivity contribution is 7.80. The number of methoxy groups -OCH3 is 1. The van der Waals surface area contributed by atoms with Gasteiger partial charge >= 0.3 is 5.97 Å². The van der Waals surface area contributed by atoms with Crippen LogP contribution in [-0.2, 0) is 20.9 Å². The van der Waals surface area contributed by atoms with E-state index in [0.717, 1.165) is 16.9 Å². The zero-order valence-electron chi connectivity index (χ0n) is 15.6. The van der Waals surface area contributed by atoms with Gasteiger partial charge in [0.05, 0.1) is 7.11 Å². The van der Waals surface area contributed by atoms with Crippen molar-refractivity contribution in [2.75, 3.05) is 13.7 Å². The van der Waals surface area contributed by atoms with E-state index in [1.54, 1.807) is 6.08 Å². The molecule has 1 saturated heterocycles. The fourth-order valence-corrected chi connectivity index (χ4v) is 2.84. The molecule has 0 radical (unpaired) electrons. The van der Waals surface area contributed by atoms with Gasteiger partial charge < -0.3 is 14.8 Å². The van der Waals surface area contributed by atoms with Crippen molar-refractivity contribution in [3.8, 4) is 5.75 Å².